The van der Waals surface area contributed by atoms with Crippen molar-refractivity contribution in [2.45, 2.75) is 12.0 Å². The van der Waals surface area contributed by atoms with E-state index in [0.29, 0.717) is 6.61 Å². The van der Waals surface area contributed by atoms with Gasteiger partial charge in [-0.2, -0.15) is 0 Å². The van der Waals surface area contributed by atoms with E-state index >= 15 is 0 Å². The second-order valence-electron chi connectivity index (χ2n) is 9.32. The average Bonchev–Trinajstić information content (AvgIpc) is 3.01. The zero-order valence-electron chi connectivity index (χ0n) is 19.8. The first-order valence-corrected chi connectivity index (χ1v) is 13.5. The summed E-state index contributed by atoms with van der Waals surface area (Å²) in [7, 11) is -1.40. The summed E-state index contributed by atoms with van der Waals surface area (Å²) in [6, 6.07) is 39.1. The molecule has 0 N–H and O–H groups in total. The lowest BCUT2D eigenvalue weighted by Crippen LogP contribution is -2.38. The Bertz CT molecular complexity index is 1640. The minimum atomic E-state index is -1.40. The van der Waals surface area contributed by atoms with Gasteiger partial charge in [-0.25, -0.2) is 0 Å². The average molecular weight is 500 g/mol. The van der Waals surface area contributed by atoms with Crippen LogP contribution in [0.25, 0.3) is 0 Å². The van der Waals surface area contributed by atoms with E-state index in [1.165, 1.54) is 0 Å². The summed E-state index contributed by atoms with van der Waals surface area (Å²) in [5, 5.41) is 1.02. The third kappa shape index (κ3) is 2.91. The first kappa shape index (κ1) is 21.0. The van der Waals surface area contributed by atoms with Crippen molar-refractivity contribution in [1.29, 1.82) is 0 Å². The van der Waals surface area contributed by atoms with Gasteiger partial charge in [-0.3, -0.25) is 0 Å². The van der Waals surface area contributed by atoms with Crippen LogP contribution in [0.2, 0.25) is 0 Å². The van der Waals surface area contributed by atoms with Crippen LogP contribution in [0.3, 0.4) is 0 Å². The van der Waals surface area contributed by atoms with Gasteiger partial charge in [0.25, 0.3) is 8.38 Å². The fourth-order valence-corrected chi connectivity index (χ4v) is 7.26. The number of para-hydroxylation sites is 2. The maximum atomic E-state index is 6.82. The Morgan fingerprint density at radius 1 is 0.514 bits per heavy atom. The van der Waals surface area contributed by atoms with Crippen LogP contribution >= 0.6 is 8.38 Å². The molecule has 3 aliphatic rings. The van der Waals surface area contributed by atoms with E-state index in [1.807, 2.05) is 66.7 Å². The molecule has 2 atom stereocenters. The van der Waals surface area contributed by atoms with Crippen molar-refractivity contribution in [2.24, 2.45) is 0 Å². The van der Waals surface area contributed by atoms with Crippen LogP contribution in [0, 0.1) is 0 Å². The molecule has 0 amide bonds. The van der Waals surface area contributed by atoms with Crippen molar-refractivity contribution >= 4 is 13.7 Å². The van der Waals surface area contributed by atoms with Crippen molar-refractivity contribution in [1.82, 2.24) is 0 Å². The van der Waals surface area contributed by atoms with Crippen LogP contribution in [0.5, 0.6) is 28.7 Å². The molecule has 178 valence electrons. The Kier molecular flexibility index (Phi) is 4.51. The van der Waals surface area contributed by atoms with Gasteiger partial charge in [-0.15, -0.1) is 0 Å². The van der Waals surface area contributed by atoms with E-state index in [0.717, 1.165) is 61.9 Å². The molecule has 0 radical (unpaired) electrons. The predicted octanol–water partition coefficient (Wildman–Crippen LogP) is 7.83. The molecule has 8 rings (SSSR count). The van der Waals surface area contributed by atoms with E-state index in [9.17, 15) is 0 Å². The van der Waals surface area contributed by atoms with E-state index in [-0.39, 0.29) is 0 Å². The number of fused-ring (bicyclic) bond motifs is 2. The van der Waals surface area contributed by atoms with Crippen LogP contribution in [-0.4, -0.2) is 0 Å². The highest BCUT2D eigenvalue weighted by Gasteiger charge is 2.53. The highest BCUT2D eigenvalue weighted by Crippen LogP contribution is 2.65. The molecule has 5 aromatic rings. The Morgan fingerprint density at radius 3 is 1.81 bits per heavy atom. The summed E-state index contributed by atoms with van der Waals surface area (Å²) in [5.74, 6) is 4.01. The van der Waals surface area contributed by atoms with Crippen LogP contribution < -0.4 is 19.3 Å². The van der Waals surface area contributed by atoms with Gasteiger partial charge in [-0.05, 0) is 48.0 Å². The van der Waals surface area contributed by atoms with Crippen LogP contribution in [0.1, 0.15) is 27.8 Å². The van der Waals surface area contributed by atoms with E-state index in [1.54, 1.807) is 0 Å². The van der Waals surface area contributed by atoms with Gasteiger partial charge < -0.3 is 18.5 Å². The lowest BCUT2D eigenvalue weighted by Gasteiger charge is -2.45. The lowest BCUT2D eigenvalue weighted by atomic mass is 9.61. The van der Waals surface area contributed by atoms with Crippen LogP contribution in [-0.2, 0) is 16.5 Å². The second kappa shape index (κ2) is 7.94. The minimum Gasteiger partial charge on any atom is -0.457 e. The number of rotatable bonds is 1. The SMILES string of the molecule is c1ccc(P2OCc3cccc4c3[C@]3(c5ccccc5O4)c4ccccc4Oc4cccc(c43)O2)cc1. The molecule has 3 heterocycles. The number of benzene rings is 5. The van der Waals surface area contributed by atoms with E-state index in [2.05, 4.69) is 48.5 Å². The normalized spacial score (nSPS) is 20.2. The van der Waals surface area contributed by atoms with Crippen molar-refractivity contribution in [2.75, 3.05) is 0 Å². The maximum absolute atomic E-state index is 6.82. The molecule has 0 aliphatic carbocycles. The zero-order chi connectivity index (χ0) is 24.4. The predicted molar refractivity (Wildman–Crippen MR) is 143 cm³/mol. The molecule has 0 saturated carbocycles. The van der Waals surface area contributed by atoms with Crippen LogP contribution in [0.4, 0.5) is 0 Å². The van der Waals surface area contributed by atoms with Crippen molar-refractivity contribution < 1.29 is 18.5 Å². The summed E-state index contributed by atoms with van der Waals surface area (Å²) >= 11 is 0. The molecule has 1 unspecified atom stereocenters. The summed E-state index contributed by atoms with van der Waals surface area (Å²) in [6.07, 6.45) is 0. The van der Waals surface area contributed by atoms with Gasteiger partial charge in [0, 0.05) is 22.0 Å². The first-order chi connectivity index (χ1) is 18.3. The topological polar surface area (TPSA) is 36.9 Å². The molecule has 0 aromatic heterocycles. The van der Waals surface area contributed by atoms with Gasteiger partial charge in [0.15, 0.2) is 0 Å². The Balaban J connectivity index is 1.54. The molecular weight excluding hydrogens is 479 g/mol. The molecule has 1 spiro atoms. The summed E-state index contributed by atoms with van der Waals surface area (Å²) in [4.78, 5) is 0. The van der Waals surface area contributed by atoms with Gasteiger partial charge in [0.05, 0.1) is 17.6 Å². The van der Waals surface area contributed by atoms with E-state index < -0.39 is 13.8 Å². The summed E-state index contributed by atoms with van der Waals surface area (Å²) in [5.41, 5.74) is 4.55. The largest absolute Gasteiger partial charge is 0.457 e. The second-order valence-corrected chi connectivity index (χ2v) is 10.8. The highest BCUT2D eigenvalue weighted by molar-refractivity contribution is 7.56. The number of hydrogen-bond acceptors (Lipinski definition) is 4. The fraction of sp³-hybridized carbons (Fsp3) is 0.0625. The number of hydrogen-bond donors (Lipinski definition) is 0. The quantitative estimate of drug-likeness (QED) is 0.215. The van der Waals surface area contributed by atoms with Gasteiger partial charge in [0.1, 0.15) is 28.7 Å². The lowest BCUT2D eigenvalue weighted by molar-refractivity contribution is 0.309. The third-order valence-corrected chi connectivity index (χ3v) is 8.80. The van der Waals surface area contributed by atoms with Crippen molar-refractivity contribution in [3.8, 4) is 28.7 Å². The number of ether oxygens (including phenoxy) is 2. The van der Waals surface area contributed by atoms with Gasteiger partial charge >= 0.3 is 0 Å². The molecule has 4 nitrogen and oxygen atoms in total. The third-order valence-electron chi connectivity index (χ3n) is 7.36. The standard InChI is InChI=1S/C32H21O4P/c1-2-11-22(12-3-1)37-33-20-21-10-8-17-27-30(21)32(23-13-4-6-15-25(23)34-27)24-14-5-7-16-26(24)35-28-18-9-19-29(36-37)31(28)32/h1-19H,20H2/t32-,37?/m0/s1. The van der Waals surface area contributed by atoms with Crippen molar-refractivity contribution in [3.63, 3.8) is 0 Å². The van der Waals surface area contributed by atoms with Gasteiger partial charge in [-0.1, -0.05) is 72.8 Å². The summed E-state index contributed by atoms with van der Waals surface area (Å²) < 4.78 is 26.5. The summed E-state index contributed by atoms with van der Waals surface area (Å²) in [6.45, 7) is 0.392. The van der Waals surface area contributed by atoms with Gasteiger partial charge in [0.2, 0.25) is 0 Å². The smallest absolute Gasteiger partial charge is 0.265 e. The Labute approximate surface area is 215 Å². The zero-order valence-corrected chi connectivity index (χ0v) is 20.7. The fourth-order valence-electron chi connectivity index (χ4n) is 5.95. The molecule has 0 bridgehead atoms. The highest BCUT2D eigenvalue weighted by atomic mass is 31.2. The maximum Gasteiger partial charge on any atom is 0.265 e. The van der Waals surface area contributed by atoms with Crippen LogP contribution in [0.15, 0.2) is 115 Å². The molecule has 3 aliphatic heterocycles. The monoisotopic (exact) mass is 500 g/mol. The minimum absolute atomic E-state index is 0.392. The Morgan fingerprint density at radius 2 is 1.08 bits per heavy atom. The van der Waals surface area contributed by atoms with E-state index in [4.69, 9.17) is 18.5 Å². The molecule has 0 saturated heterocycles. The first-order valence-electron chi connectivity index (χ1n) is 12.3. The van der Waals surface area contributed by atoms with Crippen molar-refractivity contribution in [3.05, 3.63) is 143 Å². The molecule has 37 heavy (non-hydrogen) atoms. The Hall–Kier alpha value is -4.11. The molecule has 5 heteroatoms. The molecule has 0 fully saturated rings. The molecule has 5 aromatic carbocycles. The molecular formula is C32H21O4P.